The van der Waals surface area contributed by atoms with E-state index in [-0.39, 0.29) is 6.04 Å². The summed E-state index contributed by atoms with van der Waals surface area (Å²) in [6.45, 7) is 4.12. The van der Waals surface area contributed by atoms with Gasteiger partial charge < -0.3 is 10.5 Å². The van der Waals surface area contributed by atoms with Crippen molar-refractivity contribution in [1.82, 2.24) is 0 Å². The highest BCUT2D eigenvalue weighted by Gasteiger charge is 2.17. The van der Waals surface area contributed by atoms with Crippen LogP contribution in [0.15, 0.2) is 36.4 Å². The van der Waals surface area contributed by atoms with Gasteiger partial charge in [-0.05, 0) is 49.1 Å². The second kappa shape index (κ2) is 6.29. The Hall–Kier alpha value is -1.51. The largest absolute Gasteiger partial charge is 0.496 e. The molecule has 0 saturated carbocycles. The number of halogens is 1. The van der Waals surface area contributed by atoms with E-state index >= 15 is 0 Å². The molecule has 106 valence electrons. The molecule has 3 heteroatoms. The molecule has 0 saturated heterocycles. The third-order valence-corrected chi connectivity index (χ3v) is 3.85. The molecule has 2 N–H and O–H groups in total. The fourth-order valence-corrected chi connectivity index (χ4v) is 2.80. The van der Waals surface area contributed by atoms with Crippen LogP contribution in [0.25, 0.3) is 0 Å². The van der Waals surface area contributed by atoms with Gasteiger partial charge in [0.05, 0.1) is 7.11 Å². The first-order chi connectivity index (χ1) is 9.52. The van der Waals surface area contributed by atoms with Crippen LogP contribution in [0.3, 0.4) is 0 Å². The topological polar surface area (TPSA) is 35.2 Å². The van der Waals surface area contributed by atoms with Crippen LogP contribution in [0, 0.1) is 13.8 Å². The van der Waals surface area contributed by atoms with Gasteiger partial charge in [-0.3, -0.25) is 0 Å². The normalized spacial score (nSPS) is 12.2. The maximum absolute atomic E-state index is 6.38. The Kier molecular flexibility index (Phi) is 4.69. The lowest BCUT2D eigenvalue weighted by molar-refractivity contribution is 0.404. The molecule has 0 heterocycles. The van der Waals surface area contributed by atoms with Gasteiger partial charge in [-0.2, -0.15) is 0 Å². The predicted octanol–water partition coefficient (Wildman–Crippen LogP) is 4.21. The van der Waals surface area contributed by atoms with Crippen molar-refractivity contribution in [2.24, 2.45) is 5.73 Å². The van der Waals surface area contributed by atoms with Crippen LogP contribution < -0.4 is 10.5 Å². The van der Waals surface area contributed by atoms with E-state index in [9.17, 15) is 0 Å². The van der Waals surface area contributed by atoms with Crippen molar-refractivity contribution in [2.75, 3.05) is 7.11 Å². The number of ether oxygens (including phenoxy) is 1. The van der Waals surface area contributed by atoms with Gasteiger partial charge in [0.2, 0.25) is 0 Å². The highest BCUT2D eigenvalue weighted by Crippen LogP contribution is 2.31. The molecular formula is C17H20ClNO. The van der Waals surface area contributed by atoms with Crippen LogP contribution in [0.5, 0.6) is 5.75 Å². The van der Waals surface area contributed by atoms with E-state index in [1.807, 2.05) is 30.3 Å². The van der Waals surface area contributed by atoms with Crippen molar-refractivity contribution in [1.29, 1.82) is 0 Å². The van der Waals surface area contributed by atoms with Gasteiger partial charge in [0.25, 0.3) is 0 Å². The second-order valence-corrected chi connectivity index (χ2v) is 5.51. The quantitative estimate of drug-likeness (QED) is 0.915. The van der Waals surface area contributed by atoms with E-state index in [2.05, 4.69) is 19.9 Å². The molecule has 0 fully saturated rings. The first kappa shape index (κ1) is 14.9. The molecule has 2 aromatic rings. The highest BCUT2D eigenvalue weighted by atomic mass is 35.5. The minimum Gasteiger partial charge on any atom is -0.496 e. The van der Waals surface area contributed by atoms with Crippen molar-refractivity contribution >= 4 is 11.6 Å². The number of hydrogen-bond acceptors (Lipinski definition) is 2. The van der Waals surface area contributed by atoms with E-state index in [1.165, 1.54) is 5.56 Å². The third-order valence-electron chi connectivity index (χ3n) is 3.48. The number of aryl methyl sites for hydroxylation is 2. The zero-order chi connectivity index (χ0) is 14.7. The molecule has 0 aliphatic carbocycles. The summed E-state index contributed by atoms with van der Waals surface area (Å²) in [5.74, 6) is 0.849. The van der Waals surface area contributed by atoms with Crippen molar-refractivity contribution in [3.63, 3.8) is 0 Å². The van der Waals surface area contributed by atoms with Gasteiger partial charge in [-0.25, -0.2) is 0 Å². The molecule has 0 aliphatic rings. The molecular weight excluding hydrogens is 270 g/mol. The zero-order valence-corrected chi connectivity index (χ0v) is 12.9. The third kappa shape index (κ3) is 3.14. The zero-order valence-electron chi connectivity index (χ0n) is 12.1. The smallest absolute Gasteiger partial charge is 0.124 e. The summed E-state index contributed by atoms with van der Waals surface area (Å²) >= 11 is 6.21. The van der Waals surface area contributed by atoms with Crippen molar-refractivity contribution in [3.8, 4) is 5.75 Å². The van der Waals surface area contributed by atoms with Crippen molar-refractivity contribution < 1.29 is 4.74 Å². The Morgan fingerprint density at radius 2 is 1.90 bits per heavy atom. The Morgan fingerprint density at radius 1 is 1.20 bits per heavy atom. The highest BCUT2D eigenvalue weighted by molar-refractivity contribution is 6.31. The second-order valence-electron chi connectivity index (χ2n) is 5.10. The molecule has 0 radical (unpaired) electrons. The van der Waals surface area contributed by atoms with Crippen LogP contribution >= 0.6 is 11.6 Å². The van der Waals surface area contributed by atoms with Gasteiger partial charge in [-0.15, -0.1) is 0 Å². The lowest BCUT2D eigenvalue weighted by atomic mass is 9.94. The van der Waals surface area contributed by atoms with E-state index in [0.29, 0.717) is 6.42 Å². The Bertz CT molecular complexity index is 610. The number of hydrogen-bond donors (Lipinski definition) is 1. The van der Waals surface area contributed by atoms with Gasteiger partial charge in [0.1, 0.15) is 5.75 Å². The molecule has 0 amide bonds. The molecule has 2 rings (SSSR count). The number of nitrogens with two attached hydrogens (primary N) is 1. The number of benzene rings is 2. The van der Waals surface area contributed by atoms with Gasteiger partial charge in [0, 0.05) is 16.6 Å². The molecule has 0 aromatic heterocycles. The molecule has 1 atom stereocenters. The average molecular weight is 290 g/mol. The molecule has 0 spiro atoms. The minimum absolute atomic E-state index is 0.134. The van der Waals surface area contributed by atoms with Crippen molar-refractivity contribution in [2.45, 2.75) is 26.3 Å². The van der Waals surface area contributed by atoms with Crippen LogP contribution in [-0.2, 0) is 6.42 Å². The Balaban J connectivity index is 2.34. The van der Waals surface area contributed by atoms with Gasteiger partial charge in [-0.1, -0.05) is 35.9 Å². The molecule has 2 aromatic carbocycles. The molecule has 1 unspecified atom stereocenters. The first-order valence-corrected chi connectivity index (χ1v) is 7.05. The van der Waals surface area contributed by atoms with E-state index in [4.69, 9.17) is 22.1 Å². The number of rotatable bonds is 4. The summed E-state index contributed by atoms with van der Waals surface area (Å²) in [5, 5.41) is 0.756. The fourth-order valence-electron chi connectivity index (χ4n) is 2.59. The molecule has 20 heavy (non-hydrogen) atoms. The lowest BCUT2D eigenvalue weighted by Gasteiger charge is -2.19. The van der Waals surface area contributed by atoms with E-state index < -0.39 is 0 Å². The SMILES string of the molecule is COc1cc(C)cc(C)c1C(N)Cc1ccccc1Cl. The van der Waals surface area contributed by atoms with Crippen LogP contribution in [0.2, 0.25) is 5.02 Å². The summed E-state index contributed by atoms with van der Waals surface area (Å²) in [5.41, 5.74) is 10.8. The Labute approximate surface area is 125 Å². The maximum atomic E-state index is 6.38. The lowest BCUT2D eigenvalue weighted by Crippen LogP contribution is -2.16. The van der Waals surface area contributed by atoms with Crippen LogP contribution in [0.4, 0.5) is 0 Å². The monoisotopic (exact) mass is 289 g/mol. The summed E-state index contributed by atoms with van der Waals surface area (Å²) in [4.78, 5) is 0. The summed E-state index contributed by atoms with van der Waals surface area (Å²) in [6, 6.07) is 11.8. The van der Waals surface area contributed by atoms with Gasteiger partial charge >= 0.3 is 0 Å². The summed E-state index contributed by atoms with van der Waals surface area (Å²) in [7, 11) is 1.68. The molecule has 0 bridgehead atoms. The van der Waals surface area contributed by atoms with E-state index in [1.54, 1.807) is 7.11 Å². The Morgan fingerprint density at radius 3 is 2.55 bits per heavy atom. The first-order valence-electron chi connectivity index (χ1n) is 6.67. The standard InChI is InChI=1S/C17H20ClNO/c1-11-8-12(2)17(16(9-11)20-3)15(19)10-13-6-4-5-7-14(13)18/h4-9,15H,10,19H2,1-3H3. The number of methoxy groups -OCH3 is 1. The van der Waals surface area contributed by atoms with Crippen molar-refractivity contribution in [3.05, 3.63) is 63.7 Å². The summed E-state index contributed by atoms with van der Waals surface area (Å²) < 4.78 is 5.48. The van der Waals surface area contributed by atoms with E-state index in [0.717, 1.165) is 27.5 Å². The summed E-state index contributed by atoms with van der Waals surface area (Å²) in [6.07, 6.45) is 0.694. The maximum Gasteiger partial charge on any atom is 0.124 e. The molecule has 0 aliphatic heterocycles. The average Bonchev–Trinajstić information content (AvgIpc) is 2.40. The van der Waals surface area contributed by atoms with Crippen LogP contribution in [0.1, 0.15) is 28.3 Å². The minimum atomic E-state index is -0.134. The van der Waals surface area contributed by atoms with Crippen LogP contribution in [-0.4, -0.2) is 7.11 Å². The van der Waals surface area contributed by atoms with Gasteiger partial charge in [0.15, 0.2) is 0 Å². The molecule has 2 nitrogen and oxygen atoms in total. The predicted molar refractivity (Wildman–Crippen MR) is 84.6 cm³/mol. The fraction of sp³-hybridized carbons (Fsp3) is 0.294.